The van der Waals surface area contributed by atoms with Gasteiger partial charge in [-0.1, -0.05) is 13.3 Å². The van der Waals surface area contributed by atoms with Crippen LogP contribution in [0.1, 0.15) is 26.2 Å². The van der Waals surface area contributed by atoms with E-state index in [2.05, 4.69) is 6.92 Å². The lowest BCUT2D eigenvalue weighted by Gasteiger charge is -2.39. The molecule has 4 heteroatoms. The summed E-state index contributed by atoms with van der Waals surface area (Å²) in [5.74, 6) is 0.965. The first-order valence-corrected chi connectivity index (χ1v) is 6.22. The van der Waals surface area contributed by atoms with E-state index in [0.29, 0.717) is 13.1 Å². The van der Waals surface area contributed by atoms with Gasteiger partial charge in [0.25, 0.3) is 0 Å². The van der Waals surface area contributed by atoms with Gasteiger partial charge < -0.3 is 15.5 Å². The summed E-state index contributed by atoms with van der Waals surface area (Å²) in [5, 5.41) is 0. The highest BCUT2D eigenvalue weighted by atomic mass is 16.2. The van der Waals surface area contributed by atoms with Gasteiger partial charge in [0.2, 0.25) is 5.91 Å². The predicted octanol–water partition coefficient (Wildman–Crippen LogP) is 0.524. The zero-order chi connectivity index (χ0) is 12.1. The van der Waals surface area contributed by atoms with Crippen LogP contribution in [0.15, 0.2) is 0 Å². The van der Waals surface area contributed by atoms with Crippen LogP contribution in [-0.4, -0.2) is 55.5 Å². The van der Waals surface area contributed by atoms with Gasteiger partial charge in [-0.25, -0.2) is 0 Å². The fraction of sp³-hybridized carbons (Fsp3) is 0.917. The van der Waals surface area contributed by atoms with Gasteiger partial charge in [-0.15, -0.1) is 0 Å². The summed E-state index contributed by atoms with van der Waals surface area (Å²) in [7, 11) is 3.85. The Kier molecular flexibility index (Phi) is 5.22. The van der Waals surface area contributed by atoms with Crippen LogP contribution < -0.4 is 5.73 Å². The monoisotopic (exact) mass is 227 g/mol. The van der Waals surface area contributed by atoms with Crippen LogP contribution in [0.25, 0.3) is 0 Å². The highest BCUT2D eigenvalue weighted by molar-refractivity contribution is 5.78. The van der Waals surface area contributed by atoms with E-state index in [4.69, 9.17) is 5.73 Å². The molecule has 0 aliphatic carbocycles. The normalized spacial score (nSPS) is 26.2. The summed E-state index contributed by atoms with van der Waals surface area (Å²) in [6, 6.07) is 0.256. The van der Waals surface area contributed by atoms with Crippen molar-refractivity contribution in [3.05, 3.63) is 0 Å². The average molecular weight is 227 g/mol. The van der Waals surface area contributed by atoms with E-state index < -0.39 is 0 Å². The van der Waals surface area contributed by atoms with E-state index in [1.807, 2.05) is 23.9 Å². The Morgan fingerprint density at radius 1 is 1.50 bits per heavy atom. The number of hydrogen-bond donors (Lipinski definition) is 1. The van der Waals surface area contributed by atoms with E-state index in [0.717, 1.165) is 25.3 Å². The maximum absolute atomic E-state index is 12.0. The lowest BCUT2D eigenvalue weighted by molar-refractivity contribution is -0.136. The molecule has 2 unspecified atom stereocenters. The summed E-state index contributed by atoms with van der Waals surface area (Å²) in [4.78, 5) is 15.9. The van der Waals surface area contributed by atoms with Crippen molar-refractivity contribution >= 4 is 5.91 Å². The molecule has 0 radical (unpaired) electrons. The largest absolute Gasteiger partial charge is 0.337 e. The molecule has 4 nitrogen and oxygen atoms in total. The van der Waals surface area contributed by atoms with Crippen LogP contribution in [0.2, 0.25) is 0 Å². The van der Waals surface area contributed by atoms with Crippen LogP contribution in [0, 0.1) is 5.92 Å². The van der Waals surface area contributed by atoms with Gasteiger partial charge in [-0.2, -0.15) is 0 Å². The van der Waals surface area contributed by atoms with E-state index in [1.54, 1.807) is 0 Å². The number of nitrogens with two attached hydrogens (primary N) is 1. The summed E-state index contributed by atoms with van der Waals surface area (Å²) >= 11 is 0. The molecule has 1 amide bonds. The fourth-order valence-electron chi connectivity index (χ4n) is 2.42. The molecule has 1 heterocycles. The second kappa shape index (κ2) is 6.21. The molecule has 94 valence electrons. The van der Waals surface area contributed by atoms with Crippen molar-refractivity contribution in [1.82, 2.24) is 9.80 Å². The third-order valence-electron chi connectivity index (χ3n) is 3.45. The molecule has 0 aromatic rings. The van der Waals surface area contributed by atoms with Gasteiger partial charge in [0.15, 0.2) is 0 Å². The van der Waals surface area contributed by atoms with Crippen molar-refractivity contribution in [2.75, 3.05) is 33.7 Å². The minimum atomic E-state index is 0.218. The zero-order valence-electron chi connectivity index (χ0n) is 10.8. The summed E-state index contributed by atoms with van der Waals surface area (Å²) in [6.45, 7) is 4.19. The maximum Gasteiger partial charge on any atom is 0.237 e. The molecule has 0 spiro atoms. The molecular formula is C12H25N3O. The number of rotatable bonds is 4. The molecule has 1 fully saturated rings. The van der Waals surface area contributed by atoms with Crippen LogP contribution in [0.5, 0.6) is 0 Å². The molecule has 1 rings (SSSR count). The van der Waals surface area contributed by atoms with Gasteiger partial charge in [0.05, 0.1) is 6.54 Å². The first-order chi connectivity index (χ1) is 7.58. The summed E-state index contributed by atoms with van der Waals surface area (Å²) in [5.41, 5.74) is 5.77. The Morgan fingerprint density at radius 3 is 2.69 bits per heavy atom. The van der Waals surface area contributed by atoms with Gasteiger partial charge in [-0.3, -0.25) is 4.79 Å². The third kappa shape index (κ3) is 3.46. The minimum absolute atomic E-state index is 0.218. The van der Waals surface area contributed by atoms with Crippen molar-refractivity contribution in [1.29, 1.82) is 0 Å². The molecule has 0 aromatic heterocycles. The van der Waals surface area contributed by atoms with Crippen molar-refractivity contribution < 1.29 is 4.79 Å². The number of likely N-dealkylation sites (N-methyl/N-ethyl adjacent to an activating group) is 1. The second-order valence-electron chi connectivity index (χ2n) is 5.01. The van der Waals surface area contributed by atoms with Crippen molar-refractivity contribution in [2.45, 2.75) is 32.2 Å². The first-order valence-electron chi connectivity index (χ1n) is 6.22. The second-order valence-corrected chi connectivity index (χ2v) is 5.01. The number of likely N-dealkylation sites (tertiary alicyclic amines) is 1. The van der Waals surface area contributed by atoms with Crippen LogP contribution >= 0.6 is 0 Å². The zero-order valence-corrected chi connectivity index (χ0v) is 10.8. The van der Waals surface area contributed by atoms with Crippen molar-refractivity contribution in [2.24, 2.45) is 11.7 Å². The molecule has 1 saturated heterocycles. The van der Waals surface area contributed by atoms with Crippen LogP contribution in [0.3, 0.4) is 0 Å². The lowest BCUT2D eigenvalue weighted by atomic mass is 9.89. The van der Waals surface area contributed by atoms with Crippen LogP contribution in [0.4, 0.5) is 0 Å². The number of piperidine rings is 1. The topological polar surface area (TPSA) is 49.6 Å². The van der Waals surface area contributed by atoms with E-state index in [9.17, 15) is 4.79 Å². The first kappa shape index (κ1) is 13.5. The SMILES string of the molecule is CCC1CCN(C(=O)CN(C)C)C(CN)C1. The number of carbonyl (C=O) groups is 1. The molecule has 16 heavy (non-hydrogen) atoms. The van der Waals surface area contributed by atoms with E-state index >= 15 is 0 Å². The van der Waals surface area contributed by atoms with Crippen LogP contribution in [-0.2, 0) is 4.79 Å². The van der Waals surface area contributed by atoms with Crippen molar-refractivity contribution in [3.63, 3.8) is 0 Å². The average Bonchev–Trinajstić information content (AvgIpc) is 2.27. The molecular weight excluding hydrogens is 202 g/mol. The standard InChI is InChI=1S/C12H25N3O/c1-4-10-5-6-15(11(7-10)8-13)12(16)9-14(2)3/h10-11H,4-9,13H2,1-3H3. The van der Waals surface area contributed by atoms with Crippen molar-refractivity contribution in [3.8, 4) is 0 Å². The summed E-state index contributed by atoms with van der Waals surface area (Å²) in [6.07, 6.45) is 3.41. The Balaban J connectivity index is 2.55. The highest BCUT2D eigenvalue weighted by Crippen LogP contribution is 2.24. The highest BCUT2D eigenvalue weighted by Gasteiger charge is 2.29. The third-order valence-corrected chi connectivity index (χ3v) is 3.45. The van der Waals surface area contributed by atoms with Gasteiger partial charge in [0.1, 0.15) is 0 Å². The Labute approximate surface area is 98.8 Å². The molecule has 2 atom stereocenters. The van der Waals surface area contributed by atoms with Gasteiger partial charge in [0, 0.05) is 19.1 Å². The molecule has 1 aliphatic heterocycles. The number of amides is 1. The number of nitrogens with zero attached hydrogens (tertiary/aromatic N) is 2. The Hall–Kier alpha value is -0.610. The molecule has 0 saturated carbocycles. The van der Waals surface area contributed by atoms with E-state index in [-0.39, 0.29) is 11.9 Å². The Morgan fingerprint density at radius 2 is 2.19 bits per heavy atom. The number of carbonyl (C=O) groups excluding carboxylic acids is 1. The van der Waals surface area contributed by atoms with Gasteiger partial charge >= 0.3 is 0 Å². The molecule has 0 bridgehead atoms. The van der Waals surface area contributed by atoms with E-state index in [1.165, 1.54) is 6.42 Å². The molecule has 2 N–H and O–H groups in total. The smallest absolute Gasteiger partial charge is 0.237 e. The fourth-order valence-corrected chi connectivity index (χ4v) is 2.42. The maximum atomic E-state index is 12.0. The number of hydrogen-bond acceptors (Lipinski definition) is 3. The molecule has 0 aromatic carbocycles. The predicted molar refractivity (Wildman–Crippen MR) is 66.1 cm³/mol. The van der Waals surface area contributed by atoms with Gasteiger partial charge in [-0.05, 0) is 32.9 Å². The summed E-state index contributed by atoms with van der Waals surface area (Å²) < 4.78 is 0. The molecule has 1 aliphatic rings. The lowest BCUT2D eigenvalue weighted by Crippen LogP contribution is -2.51. The Bertz CT molecular complexity index is 230. The quantitative estimate of drug-likeness (QED) is 0.762. The minimum Gasteiger partial charge on any atom is -0.337 e.